The van der Waals surface area contributed by atoms with Crippen molar-refractivity contribution in [3.63, 3.8) is 0 Å². The first-order valence-electron chi connectivity index (χ1n) is 15.9. The molecule has 2 aromatic carbocycles. The zero-order chi connectivity index (χ0) is 31.1. The number of hydrogen-bond acceptors (Lipinski definition) is 4. The maximum atomic E-state index is 16.6. The molecule has 2 heterocycles. The van der Waals surface area contributed by atoms with Gasteiger partial charge in [-0.2, -0.15) is 0 Å². The fourth-order valence-electron chi connectivity index (χ4n) is 10.1. The number of nitrogens with one attached hydrogen (secondary N) is 2. The molecular formula is C34H38Cl2FN3O4. The maximum Gasteiger partial charge on any atom is 0.309 e. The first kappa shape index (κ1) is 30.0. The van der Waals surface area contributed by atoms with Crippen LogP contribution in [0.3, 0.4) is 0 Å². The van der Waals surface area contributed by atoms with Crippen LogP contribution in [0.1, 0.15) is 88.7 Å². The second-order valence-corrected chi connectivity index (χ2v) is 14.7. The third-order valence-electron chi connectivity index (χ3n) is 12.3. The van der Waals surface area contributed by atoms with Crippen molar-refractivity contribution in [2.24, 2.45) is 5.41 Å². The largest absolute Gasteiger partial charge is 0.481 e. The second kappa shape index (κ2) is 10.2. The first-order valence-corrected chi connectivity index (χ1v) is 16.6. The number of nitrogens with zero attached hydrogens (tertiary/aromatic N) is 1. The van der Waals surface area contributed by atoms with Gasteiger partial charge in [0.2, 0.25) is 11.8 Å². The Morgan fingerprint density at radius 2 is 1.66 bits per heavy atom. The molecule has 234 valence electrons. The van der Waals surface area contributed by atoms with Gasteiger partial charge in [-0.15, -0.1) is 0 Å². The van der Waals surface area contributed by atoms with Gasteiger partial charge in [-0.05, 0) is 81.7 Å². The Balaban J connectivity index is 1.49. The predicted molar refractivity (Wildman–Crippen MR) is 167 cm³/mol. The molecule has 6 aliphatic rings. The lowest BCUT2D eigenvalue weighted by atomic mass is 9.49. The van der Waals surface area contributed by atoms with Gasteiger partial charge in [0.1, 0.15) is 16.6 Å². The molecule has 2 atom stereocenters. The predicted octanol–water partition coefficient (Wildman–Crippen LogP) is 6.59. The fraction of sp³-hybridized carbons (Fsp3) is 0.559. The maximum absolute atomic E-state index is 16.6. The Bertz CT molecular complexity index is 1550. The lowest BCUT2D eigenvalue weighted by Crippen LogP contribution is -2.70. The summed E-state index contributed by atoms with van der Waals surface area (Å²) in [5, 5.41) is 16.8. The molecule has 8 rings (SSSR count). The van der Waals surface area contributed by atoms with Crippen LogP contribution in [0.25, 0.3) is 0 Å². The Hall–Kier alpha value is -2.68. The van der Waals surface area contributed by atoms with Gasteiger partial charge in [0.25, 0.3) is 0 Å². The summed E-state index contributed by atoms with van der Waals surface area (Å²) < 4.78 is 16.6. The summed E-state index contributed by atoms with van der Waals surface area (Å²) in [5.41, 5.74) is -3.97. The summed E-state index contributed by atoms with van der Waals surface area (Å²) in [4.78, 5) is 44.9. The zero-order valence-corrected chi connectivity index (χ0v) is 26.4. The van der Waals surface area contributed by atoms with Crippen molar-refractivity contribution < 1.29 is 23.9 Å². The van der Waals surface area contributed by atoms with E-state index in [9.17, 15) is 14.7 Å². The minimum Gasteiger partial charge on any atom is -0.481 e. The number of carboxylic acid groups (broad SMARTS) is 1. The van der Waals surface area contributed by atoms with Crippen LogP contribution in [-0.4, -0.2) is 52.0 Å². The number of likely N-dealkylation sites (N-methyl/N-ethyl adjacent to an activating group) is 1. The summed E-state index contributed by atoms with van der Waals surface area (Å²) in [5.74, 6) is -2.20. The van der Waals surface area contributed by atoms with Crippen molar-refractivity contribution in [3.8, 4) is 0 Å². The number of hydrogen-bond donors (Lipinski definition) is 3. The summed E-state index contributed by atoms with van der Waals surface area (Å²) in [7, 11) is 0. The number of anilines is 1. The van der Waals surface area contributed by atoms with Crippen LogP contribution in [0.4, 0.5) is 10.1 Å². The quantitative estimate of drug-likeness (QED) is 0.342. The number of aliphatic carboxylic acids is 1. The summed E-state index contributed by atoms with van der Waals surface area (Å²) in [6.45, 7) is 2.74. The molecule has 10 heteroatoms. The van der Waals surface area contributed by atoms with Crippen LogP contribution < -0.4 is 10.6 Å². The SMILES string of the molecule is CCN1C[C@](C(=O)NC23CCC(C(=O)O)(CC2)CC3)(c2cccc(Cl)c2F)[C@@]2(C(=O)Nc3cc(Cl)ccc32)C12CCCCC2. The molecule has 2 bridgehead atoms. The molecule has 2 aromatic rings. The number of rotatable bonds is 5. The van der Waals surface area contributed by atoms with Gasteiger partial charge < -0.3 is 15.7 Å². The first-order chi connectivity index (χ1) is 21.0. The minimum absolute atomic E-state index is 0.105. The number of carbonyl (C=O) groups excluding carboxylic acids is 2. The summed E-state index contributed by atoms with van der Waals surface area (Å²) >= 11 is 12.9. The number of likely N-dealkylation sites (tertiary alicyclic amines) is 1. The number of halogens is 3. The number of fused-ring (bicyclic) bond motifs is 6. The molecule has 44 heavy (non-hydrogen) atoms. The highest BCUT2D eigenvalue weighted by Gasteiger charge is 2.80. The van der Waals surface area contributed by atoms with Crippen LogP contribution in [0.5, 0.6) is 0 Å². The molecule has 3 N–H and O–H groups in total. The molecule has 2 spiro atoms. The van der Waals surface area contributed by atoms with Crippen molar-refractivity contribution >= 4 is 46.7 Å². The van der Waals surface area contributed by atoms with Gasteiger partial charge in [-0.25, -0.2) is 4.39 Å². The van der Waals surface area contributed by atoms with Crippen LogP contribution in [0.15, 0.2) is 36.4 Å². The Morgan fingerprint density at radius 3 is 2.30 bits per heavy atom. The highest BCUT2D eigenvalue weighted by atomic mass is 35.5. The number of carbonyl (C=O) groups is 3. The van der Waals surface area contributed by atoms with Gasteiger partial charge in [-0.1, -0.05) is 67.6 Å². The van der Waals surface area contributed by atoms with E-state index in [0.29, 0.717) is 74.2 Å². The van der Waals surface area contributed by atoms with Crippen LogP contribution in [0, 0.1) is 11.2 Å². The lowest BCUT2D eigenvalue weighted by molar-refractivity contribution is -0.157. The summed E-state index contributed by atoms with van der Waals surface area (Å²) in [6, 6.07) is 10.1. The average Bonchev–Trinajstić information content (AvgIpc) is 3.45. The molecule has 0 aromatic heterocycles. The highest BCUT2D eigenvalue weighted by Crippen LogP contribution is 2.67. The van der Waals surface area contributed by atoms with E-state index in [-0.39, 0.29) is 23.0 Å². The minimum atomic E-state index is -1.67. The Morgan fingerprint density at radius 1 is 0.977 bits per heavy atom. The molecule has 1 saturated heterocycles. The molecule has 7 nitrogen and oxygen atoms in total. The topological polar surface area (TPSA) is 98.7 Å². The number of benzene rings is 2. The van der Waals surface area contributed by atoms with E-state index < -0.39 is 45.0 Å². The Kier molecular flexibility index (Phi) is 6.93. The van der Waals surface area contributed by atoms with Gasteiger partial charge in [-0.3, -0.25) is 19.3 Å². The van der Waals surface area contributed by atoms with E-state index in [4.69, 9.17) is 23.2 Å². The van der Waals surface area contributed by atoms with Crippen molar-refractivity contribution in [2.45, 2.75) is 99.5 Å². The van der Waals surface area contributed by atoms with Crippen molar-refractivity contribution in [1.29, 1.82) is 0 Å². The zero-order valence-electron chi connectivity index (χ0n) is 24.9. The van der Waals surface area contributed by atoms with Crippen LogP contribution in [0.2, 0.25) is 10.0 Å². The molecule has 5 fully saturated rings. The monoisotopic (exact) mass is 641 g/mol. The van der Waals surface area contributed by atoms with Crippen molar-refractivity contribution in [1.82, 2.24) is 10.2 Å². The fourth-order valence-corrected chi connectivity index (χ4v) is 10.5. The van der Waals surface area contributed by atoms with Gasteiger partial charge >= 0.3 is 5.97 Å². The molecular weight excluding hydrogens is 604 g/mol. The number of amides is 2. The third kappa shape index (κ3) is 3.68. The van der Waals surface area contributed by atoms with Gasteiger partial charge in [0, 0.05) is 33.9 Å². The van der Waals surface area contributed by atoms with E-state index in [0.717, 1.165) is 19.3 Å². The second-order valence-electron chi connectivity index (χ2n) is 13.8. The number of carboxylic acids is 1. The molecule has 0 radical (unpaired) electrons. The normalized spacial score (nSPS) is 33.9. The third-order valence-corrected chi connectivity index (χ3v) is 12.8. The van der Waals surface area contributed by atoms with Crippen LogP contribution in [-0.2, 0) is 25.2 Å². The van der Waals surface area contributed by atoms with E-state index in [1.165, 1.54) is 6.07 Å². The van der Waals surface area contributed by atoms with Crippen molar-refractivity contribution in [3.05, 3.63) is 63.4 Å². The van der Waals surface area contributed by atoms with E-state index in [2.05, 4.69) is 15.5 Å². The molecule has 0 unspecified atom stereocenters. The molecule has 4 aliphatic carbocycles. The average molecular weight is 643 g/mol. The van der Waals surface area contributed by atoms with E-state index >= 15 is 9.18 Å². The standard InChI is InChI=1S/C34H38Cl2FN3O4/c1-2-40-20-33(23-7-6-8-24(36)26(23)37,27(41)39-31-16-13-30(14-17-31,15-18-31)29(43)44)34(32(40)11-4-3-5-12-32)22-10-9-21(35)19-25(22)38-28(34)42/h6-10,19H,2-5,11-18,20H2,1H3,(H,38,42)(H,39,41)(H,43,44)/t30?,31?,33-,34+/m1/s1. The van der Waals surface area contributed by atoms with Gasteiger partial charge in [0.05, 0.1) is 10.4 Å². The molecule has 2 aliphatic heterocycles. The smallest absolute Gasteiger partial charge is 0.309 e. The van der Waals surface area contributed by atoms with Gasteiger partial charge in [0.15, 0.2) is 0 Å². The molecule has 2 amide bonds. The van der Waals surface area contributed by atoms with E-state index in [1.807, 2.05) is 13.0 Å². The van der Waals surface area contributed by atoms with Crippen LogP contribution >= 0.6 is 23.2 Å². The molecule has 4 saturated carbocycles. The highest BCUT2D eigenvalue weighted by molar-refractivity contribution is 6.31. The Labute approximate surface area is 266 Å². The van der Waals surface area contributed by atoms with E-state index in [1.54, 1.807) is 24.3 Å². The lowest BCUT2D eigenvalue weighted by Gasteiger charge is -2.55. The van der Waals surface area contributed by atoms with Crippen molar-refractivity contribution in [2.75, 3.05) is 18.4 Å². The summed E-state index contributed by atoms with van der Waals surface area (Å²) in [6.07, 6.45) is 7.12.